The lowest BCUT2D eigenvalue weighted by Crippen LogP contribution is -2.60. The van der Waals surface area contributed by atoms with Crippen LogP contribution in [-0.2, 0) is 4.79 Å². The van der Waals surface area contributed by atoms with Gasteiger partial charge in [0.15, 0.2) is 5.69 Å². The van der Waals surface area contributed by atoms with E-state index in [-0.39, 0.29) is 29.7 Å². The summed E-state index contributed by atoms with van der Waals surface area (Å²) in [6, 6.07) is 16.4. The lowest BCUT2D eigenvalue weighted by molar-refractivity contribution is -0.126. The summed E-state index contributed by atoms with van der Waals surface area (Å²) in [4.78, 5) is 27.2. The van der Waals surface area contributed by atoms with Gasteiger partial charge in [0.2, 0.25) is 5.91 Å². The van der Waals surface area contributed by atoms with Gasteiger partial charge in [-0.15, -0.1) is 0 Å². The molecule has 1 aliphatic heterocycles. The summed E-state index contributed by atoms with van der Waals surface area (Å²) >= 11 is 0. The van der Waals surface area contributed by atoms with Gasteiger partial charge >= 0.3 is 0 Å². The van der Waals surface area contributed by atoms with Gasteiger partial charge < -0.3 is 15.3 Å². The first-order valence-corrected chi connectivity index (χ1v) is 12.1. The number of nitrogens with zero attached hydrogens (tertiary/aromatic N) is 2. The molecule has 178 valence electrons. The summed E-state index contributed by atoms with van der Waals surface area (Å²) in [6.45, 7) is 4.78. The molecule has 3 N–H and O–H groups in total. The van der Waals surface area contributed by atoms with Gasteiger partial charge in [-0.05, 0) is 62.8 Å². The Kier molecular flexibility index (Phi) is 5.68. The second kappa shape index (κ2) is 8.55. The van der Waals surface area contributed by atoms with Gasteiger partial charge in [-0.3, -0.25) is 14.7 Å². The Hall–Kier alpha value is -3.19. The third kappa shape index (κ3) is 4.57. The van der Waals surface area contributed by atoms with Gasteiger partial charge in [0.05, 0.1) is 17.5 Å². The molecule has 1 saturated carbocycles. The number of likely N-dealkylation sites (tertiary alicyclic amines) is 1. The maximum Gasteiger partial charge on any atom is 0.275 e. The highest BCUT2D eigenvalue weighted by Crippen LogP contribution is 2.44. The van der Waals surface area contributed by atoms with Crippen LogP contribution in [0.4, 0.5) is 0 Å². The molecule has 0 unspecified atom stereocenters. The SMILES string of the molecule is CC(C)(O)CC(=O)NC1CCC2(CC1)CN(C(=O)c1n[nH]c3cc(-c4ccccc4)ccc13)C2. The van der Waals surface area contributed by atoms with Crippen LogP contribution in [0.3, 0.4) is 0 Å². The Morgan fingerprint density at radius 1 is 1.12 bits per heavy atom. The van der Waals surface area contributed by atoms with E-state index in [1.54, 1.807) is 13.8 Å². The first-order chi connectivity index (χ1) is 16.2. The van der Waals surface area contributed by atoms with E-state index in [9.17, 15) is 14.7 Å². The van der Waals surface area contributed by atoms with Gasteiger partial charge in [0.1, 0.15) is 0 Å². The van der Waals surface area contributed by atoms with Crippen molar-refractivity contribution in [3.63, 3.8) is 0 Å². The van der Waals surface area contributed by atoms with Crippen molar-refractivity contribution in [1.29, 1.82) is 0 Å². The number of aliphatic hydroxyl groups is 1. The van der Waals surface area contributed by atoms with Crippen molar-refractivity contribution in [2.75, 3.05) is 13.1 Å². The molecule has 7 heteroatoms. The van der Waals surface area contributed by atoms with Crippen molar-refractivity contribution in [3.05, 3.63) is 54.2 Å². The van der Waals surface area contributed by atoms with E-state index in [0.717, 1.165) is 60.8 Å². The summed E-state index contributed by atoms with van der Waals surface area (Å²) in [5, 5.41) is 21.1. The maximum atomic E-state index is 13.2. The highest BCUT2D eigenvalue weighted by Gasteiger charge is 2.47. The summed E-state index contributed by atoms with van der Waals surface area (Å²) in [7, 11) is 0. The minimum absolute atomic E-state index is 0.0232. The summed E-state index contributed by atoms with van der Waals surface area (Å²) in [6.07, 6.45) is 3.92. The topological polar surface area (TPSA) is 98.3 Å². The molecule has 3 aromatic rings. The molecule has 2 aliphatic rings. The third-order valence-corrected chi connectivity index (χ3v) is 7.22. The molecule has 1 spiro atoms. The number of carbonyl (C=O) groups excluding carboxylic acids is 2. The van der Waals surface area contributed by atoms with E-state index in [0.29, 0.717) is 5.69 Å². The number of fused-ring (bicyclic) bond motifs is 1. The fourth-order valence-corrected chi connectivity index (χ4v) is 5.41. The second-order valence-electron chi connectivity index (χ2n) is 10.7. The number of aromatic nitrogens is 2. The average Bonchev–Trinajstić information content (AvgIpc) is 3.20. The molecule has 2 aromatic carbocycles. The van der Waals surface area contributed by atoms with Gasteiger partial charge in [-0.2, -0.15) is 5.10 Å². The van der Waals surface area contributed by atoms with Crippen LogP contribution in [-0.4, -0.2) is 56.8 Å². The largest absolute Gasteiger partial charge is 0.390 e. The standard InChI is InChI=1S/C27H32N4O3/c1-26(2,34)15-23(32)28-20-10-12-27(13-11-20)16-31(17-27)25(33)24-21-9-8-19(14-22(21)29-30-24)18-6-4-3-5-7-18/h3-9,14,20,34H,10-13,15-17H2,1-2H3,(H,28,32)(H,29,30). The first kappa shape index (κ1) is 22.6. The minimum Gasteiger partial charge on any atom is -0.390 e. The quantitative estimate of drug-likeness (QED) is 0.538. The van der Waals surface area contributed by atoms with Crippen LogP contribution in [0.1, 0.15) is 56.4 Å². The van der Waals surface area contributed by atoms with Crippen molar-refractivity contribution in [2.45, 2.75) is 57.6 Å². The molecular formula is C27H32N4O3. The van der Waals surface area contributed by atoms with Crippen molar-refractivity contribution in [1.82, 2.24) is 20.4 Å². The lowest BCUT2D eigenvalue weighted by atomic mass is 9.67. The Balaban J connectivity index is 1.18. The molecule has 0 atom stereocenters. The molecule has 1 aliphatic carbocycles. The Morgan fingerprint density at radius 2 is 1.82 bits per heavy atom. The van der Waals surface area contributed by atoms with Crippen LogP contribution in [0.2, 0.25) is 0 Å². The number of rotatable bonds is 5. The number of H-pyrrole nitrogens is 1. The molecule has 5 rings (SSSR count). The first-order valence-electron chi connectivity index (χ1n) is 12.1. The summed E-state index contributed by atoms with van der Waals surface area (Å²) in [5.74, 6) is -0.121. The zero-order valence-electron chi connectivity index (χ0n) is 19.8. The summed E-state index contributed by atoms with van der Waals surface area (Å²) in [5.41, 5.74) is 2.72. The predicted octanol–water partition coefficient (Wildman–Crippen LogP) is 3.89. The fraction of sp³-hybridized carbons (Fsp3) is 0.444. The Morgan fingerprint density at radius 3 is 2.50 bits per heavy atom. The van der Waals surface area contributed by atoms with E-state index in [1.165, 1.54) is 0 Å². The zero-order valence-corrected chi connectivity index (χ0v) is 19.8. The van der Waals surface area contributed by atoms with Crippen molar-refractivity contribution < 1.29 is 14.7 Å². The van der Waals surface area contributed by atoms with Gasteiger partial charge in [0, 0.05) is 29.9 Å². The Labute approximate surface area is 199 Å². The number of aromatic amines is 1. The minimum atomic E-state index is -0.992. The molecule has 2 fully saturated rings. The van der Waals surface area contributed by atoms with Crippen LogP contribution in [0.25, 0.3) is 22.0 Å². The predicted molar refractivity (Wildman–Crippen MR) is 131 cm³/mol. The van der Waals surface area contributed by atoms with Crippen LogP contribution in [0, 0.1) is 5.41 Å². The highest BCUT2D eigenvalue weighted by atomic mass is 16.3. The molecule has 0 radical (unpaired) electrons. The van der Waals surface area contributed by atoms with Crippen LogP contribution >= 0.6 is 0 Å². The monoisotopic (exact) mass is 460 g/mol. The smallest absolute Gasteiger partial charge is 0.275 e. The number of benzene rings is 2. The highest BCUT2D eigenvalue weighted by molar-refractivity contribution is 6.05. The van der Waals surface area contributed by atoms with E-state index in [1.807, 2.05) is 41.3 Å². The normalized spacial score (nSPS) is 18.1. The molecular weight excluding hydrogens is 428 g/mol. The number of nitrogens with one attached hydrogen (secondary N) is 2. The van der Waals surface area contributed by atoms with Gasteiger partial charge in [-0.1, -0.05) is 36.4 Å². The van der Waals surface area contributed by atoms with Gasteiger partial charge in [0.25, 0.3) is 5.91 Å². The van der Waals surface area contributed by atoms with E-state index >= 15 is 0 Å². The van der Waals surface area contributed by atoms with E-state index in [4.69, 9.17) is 0 Å². The molecule has 2 amide bonds. The number of hydrogen-bond acceptors (Lipinski definition) is 4. The van der Waals surface area contributed by atoms with Crippen LogP contribution in [0.15, 0.2) is 48.5 Å². The molecule has 1 aromatic heterocycles. The Bertz CT molecular complexity index is 1200. The third-order valence-electron chi connectivity index (χ3n) is 7.22. The number of amides is 2. The molecule has 7 nitrogen and oxygen atoms in total. The van der Waals surface area contributed by atoms with Crippen molar-refractivity contribution >= 4 is 22.7 Å². The molecule has 2 heterocycles. The average molecular weight is 461 g/mol. The maximum absolute atomic E-state index is 13.2. The van der Waals surface area contributed by atoms with Crippen LogP contribution in [0.5, 0.6) is 0 Å². The van der Waals surface area contributed by atoms with E-state index < -0.39 is 5.60 Å². The van der Waals surface area contributed by atoms with Crippen molar-refractivity contribution in [3.8, 4) is 11.1 Å². The molecule has 0 bridgehead atoms. The zero-order chi connectivity index (χ0) is 23.9. The molecule has 1 saturated heterocycles. The summed E-state index contributed by atoms with van der Waals surface area (Å²) < 4.78 is 0. The second-order valence-corrected chi connectivity index (χ2v) is 10.7. The van der Waals surface area contributed by atoms with Crippen molar-refractivity contribution in [2.24, 2.45) is 5.41 Å². The molecule has 34 heavy (non-hydrogen) atoms. The fourth-order valence-electron chi connectivity index (χ4n) is 5.41. The van der Waals surface area contributed by atoms with E-state index in [2.05, 4.69) is 27.6 Å². The lowest BCUT2D eigenvalue weighted by Gasteiger charge is -2.53. The van der Waals surface area contributed by atoms with Crippen LogP contribution < -0.4 is 5.32 Å². The number of carbonyl (C=O) groups is 2. The number of hydrogen-bond donors (Lipinski definition) is 3. The van der Waals surface area contributed by atoms with Gasteiger partial charge in [-0.25, -0.2) is 0 Å².